The van der Waals surface area contributed by atoms with Crippen LogP contribution in [0.15, 0.2) is 17.2 Å². The van der Waals surface area contributed by atoms with Gasteiger partial charge in [0.2, 0.25) is 0 Å². The minimum absolute atomic E-state index is 0.0774. The molecule has 0 amide bonds. The van der Waals surface area contributed by atoms with E-state index in [-0.39, 0.29) is 16.6 Å². The van der Waals surface area contributed by atoms with Gasteiger partial charge in [0.1, 0.15) is 0 Å². The zero-order chi connectivity index (χ0) is 14.1. The Morgan fingerprint density at radius 3 is 2.58 bits per heavy atom. The normalized spacial score (nSPS) is 18.5. The van der Waals surface area contributed by atoms with Crippen molar-refractivity contribution >= 4 is 17.4 Å². The van der Waals surface area contributed by atoms with E-state index < -0.39 is 0 Å². The average Bonchev–Trinajstić information content (AvgIpc) is 2.80. The summed E-state index contributed by atoms with van der Waals surface area (Å²) in [6.07, 6.45) is 7.71. The lowest BCUT2D eigenvalue weighted by Crippen LogP contribution is -2.42. The largest absolute Gasteiger partial charge is 0.359 e. The molecule has 19 heavy (non-hydrogen) atoms. The van der Waals surface area contributed by atoms with Crippen LogP contribution in [0.4, 0.5) is 5.82 Å². The molecule has 1 aliphatic carbocycles. The van der Waals surface area contributed by atoms with E-state index in [4.69, 9.17) is 11.6 Å². The third-order valence-electron chi connectivity index (χ3n) is 3.76. The lowest BCUT2D eigenvalue weighted by atomic mass is 10.0. The molecule has 1 aromatic heterocycles. The summed E-state index contributed by atoms with van der Waals surface area (Å²) in [7, 11) is 0. The van der Waals surface area contributed by atoms with E-state index >= 15 is 0 Å². The maximum Gasteiger partial charge on any atom is 0.293 e. The van der Waals surface area contributed by atoms with Gasteiger partial charge in [0, 0.05) is 23.8 Å². The molecule has 1 heterocycles. The molecule has 0 unspecified atom stereocenters. The van der Waals surface area contributed by atoms with E-state index in [0.717, 1.165) is 25.7 Å². The number of aromatic nitrogens is 2. The van der Waals surface area contributed by atoms with Crippen LogP contribution in [0.2, 0.25) is 0 Å². The van der Waals surface area contributed by atoms with Crippen molar-refractivity contribution < 1.29 is 0 Å². The molecule has 1 fully saturated rings. The van der Waals surface area contributed by atoms with E-state index in [1.165, 1.54) is 0 Å². The summed E-state index contributed by atoms with van der Waals surface area (Å²) in [5.41, 5.74) is -0.489. The third-order valence-corrected chi connectivity index (χ3v) is 4.28. The van der Waals surface area contributed by atoms with E-state index in [1.54, 1.807) is 17.0 Å². The summed E-state index contributed by atoms with van der Waals surface area (Å²) in [5.74, 6) is 0.929. The summed E-state index contributed by atoms with van der Waals surface area (Å²) >= 11 is 6.10. The van der Waals surface area contributed by atoms with E-state index in [9.17, 15) is 4.79 Å². The van der Waals surface area contributed by atoms with Crippen LogP contribution in [0.5, 0.6) is 0 Å². The predicted octanol–water partition coefficient (Wildman–Crippen LogP) is 2.96. The quantitative estimate of drug-likeness (QED) is 0.868. The minimum Gasteiger partial charge on any atom is -0.359 e. The SMILES string of the molecule is CC(C)(C)n1ccnc(NC2(CCl)CCCC2)c1=O. The summed E-state index contributed by atoms with van der Waals surface area (Å²) in [4.78, 5) is 16.7. The van der Waals surface area contributed by atoms with E-state index in [2.05, 4.69) is 10.3 Å². The van der Waals surface area contributed by atoms with E-state index in [1.807, 2.05) is 20.8 Å². The topological polar surface area (TPSA) is 46.9 Å². The average molecular weight is 284 g/mol. The van der Waals surface area contributed by atoms with Crippen LogP contribution < -0.4 is 10.9 Å². The number of rotatable bonds is 3. The smallest absolute Gasteiger partial charge is 0.293 e. The summed E-state index contributed by atoms with van der Waals surface area (Å²) in [6, 6.07) is 0. The number of nitrogens with zero attached hydrogens (tertiary/aromatic N) is 2. The van der Waals surface area contributed by atoms with Crippen molar-refractivity contribution in [3.05, 3.63) is 22.7 Å². The van der Waals surface area contributed by atoms with Crippen LogP contribution in [0, 0.1) is 0 Å². The van der Waals surface area contributed by atoms with Gasteiger partial charge in [-0.1, -0.05) is 12.8 Å². The van der Waals surface area contributed by atoms with Gasteiger partial charge in [-0.05, 0) is 33.6 Å². The molecule has 0 bridgehead atoms. The number of nitrogens with one attached hydrogen (secondary N) is 1. The number of hydrogen-bond acceptors (Lipinski definition) is 3. The fourth-order valence-electron chi connectivity index (χ4n) is 2.62. The highest BCUT2D eigenvalue weighted by Crippen LogP contribution is 2.33. The highest BCUT2D eigenvalue weighted by molar-refractivity contribution is 6.18. The molecule has 4 nitrogen and oxygen atoms in total. The predicted molar refractivity (Wildman–Crippen MR) is 79.0 cm³/mol. The zero-order valence-corrected chi connectivity index (χ0v) is 12.6. The van der Waals surface area contributed by atoms with Gasteiger partial charge in [-0.3, -0.25) is 4.79 Å². The van der Waals surface area contributed by atoms with Crippen molar-refractivity contribution in [2.24, 2.45) is 0 Å². The highest BCUT2D eigenvalue weighted by atomic mass is 35.5. The fraction of sp³-hybridized carbons (Fsp3) is 0.714. The first-order valence-corrected chi connectivity index (χ1v) is 7.34. The van der Waals surface area contributed by atoms with Gasteiger partial charge in [-0.25, -0.2) is 4.98 Å². The van der Waals surface area contributed by atoms with Crippen molar-refractivity contribution in [3.63, 3.8) is 0 Å². The fourth-order valence-corrected chi connectivity index (χ4v) is 2.95. The van der Waals surface area contributed by atoms with Crippen LogP contribution in [0.3, 0.4) is 0 Å². The van der Waals surface area contributed by atoms with Crippen molar-refractivity contribution in [2.75, 3.05) is 11.2 Å². The van der Waals surface area contributed by atoms with Crippen molar-refractivity contribution in [1.29, 1.82) is 0 Å². The summed E-state index contributed by atoms with van der Waals surface area (Å²) in [6.45, 7) is 6.02. The molecule has 1 N–H and O–H groups in total. The number of alkyl halides is 1. The van der Waals surface area contributed by atoms with Crippen molar-refractivity contribution in [3.8, 4) is 0 Å². The molecule has 0 atom stereocenters. The maximum absolute atomic E-state index is 12.5. The molecule has 0 aromatic carbocycles. The van der Waals surface area contributed by atoms with Crippen LogP contribution in [-0.4, -0.2) is 21.0 Å². The van der Waals surface area contributed by atoms with Gasteiger partial charge in [0.25, 0.3) is 5.56 Å². The third kappa shape index (κ3) is 2.94. The molecule has 2 rings (SSSR count). The van der Waals surface area contributed by atoms with Crippen LogP contribution in [0.25, 0.3) is 0 Å². The highest BCUT2D eigenvalue weighted by Gasteiger charge is 2.34. The maximum atomic E-state index is 12.5. The molecule has 1 aliphatic rings. The van der Waals surface area contributed by atoms with Crippen molar-refractivity contribution in [2.45, 2.75) is 57.5 Å². The number of anilines is 1. The Labute approximate surface area is 119 Å². The van der Waals surface area contributed by atoms with Gasteiger partial charge in [0.05, 0.1) is 5.54 Å². The Kier molecular flexibility index (Phi) is 3.90. The molecule has 0 spiro atoms. The lowest BCUT2D eigenvalue weighted by molar-refractivity contribution is 0.382. The molecule has 1 saturated carbocycles. The monoisotopic (exact) mass is 283 g/mol. The lowest BCUT2D eigenvalue weighted by Gasteiger charge is -2.29. The Balaban J connectivity index is 2.34. The van der Waals surface area contributed by atoms with Gasteiger partial charge >= 0.3 is 0 Å². The molecule has 5 heteroatoms. The van der Waals surface area contributed by atoms with E-state index in [0.29, 0.717) is 11.7 Å². The van der Waals surface area contributed by atoms with Gasteiger partial charge in [-0.2, -0.15) is 0 Å². The Hall–Kier alpha value is -1.03. The zero-order valence-electron chi connectivity index (χ0n) is 11.9. The second kappa shape index (κ2) is 5.16. The van der Waals surface area contributed by atoms with Crippen LogP contribution in [-0.2, 0) is 5.54 Å². The molecular formula is C14H22ClN3O. The first-order valence-electron chi connectivity index (χ1n) is 6.80. The van der Waals surface area contributed by atoms with Gasteiger partial charge in [0.15, 0.2) is 5.82 Å². The Morgan fingerprint density at radius 1 is 1.42 bits per heavy atom. The first kappa shape index (κ1) is 14.4. The Bertz CT molecular complexity index is 498. The Morgan fingerprint density at radius 2 is 2.05 bits per heavy atom. The molecule has 1 aromatic rings. The van der Waals surface area contributed by atoms with Gasteiger partial charge < -0.3 is 9.88 Å². The van der Waals surface area contributed by atoms with Crippen LogP contribution in [0.1, 0.15) is 46.5 Å². The number of halogens is 1. The molecule has 0 aliphatic heterocycles. The second-order valence-electron chi connectivity index (χ2n) is 6.37. The first-order chi connectivity index (χ1) is 8.88. The van der Waals surface area contributed by atoms with Crippen molar-refractivity contribution in [1.82, 2.24) is 9.55 Å². The standard InChI is InChI=1S/C14H22ClN3O/c1-13(2,3)18-9-8-16-11(12(18)19)17-14(10-15)6-4-5-7-14/h8-9H,4-7,10H2,1-3H3,(H,16,17). The number of hydrogen-bond donors (Lipinski definition) is 1. The molecule has 0 radical (unpaired) electrons. The molecule has 0 saturated heterocycles. The molecule has 106 valence electrons. The van der Waals surface area contributed by atoms with Gasteiger partial charge in [-0.15, -0.1) is 11.6 Å². The van der Waals surface area contributed by atoms with Crippen LogP contribution >= 0.6 is 11.6 Å². The summed E-state index contributed by atoms with van der Waals surface area (Å²) < 4.78 is 1.71. The summed E-state index contributed by atoms with van der Waals surface area (Å²) in [5, 5.41) is 3.31. The molecular weight excluding hydrogens is 262 g/mol. The second-order valence-corrected chi connectivity index (χ2v) is 6.64. The minimum atomic E-state index is -0.250.